The van der Waals surface area contributed by atoms with Crippen molar-refractivity contribution in [2.24, 2.45) is 7.05 Å². The van der Waals surface area contributed by atoms with E-state index < -0.39 is 0 Å². The van der Waals surface area contributed by atoms with Crippen LogP contribution in [0.5, 0.6) is 0 Å². The number of pyridine rings is 1. The summed E-state index contributed by atoms with van der Waals surface area (Å²) in [5.41, 5.74) is 2.07. The van der Waals surface area contributed by atoms with Gasteiger partial charge in [0.1, 0.15) is 0 Å². The number of benzene rings is 2. The van der Waals surface area contributed by atoms with Gasteiger partial charge in [0, 0.05) is 17.8 Å². The quantitative estimate of drug-likeness (QED) is 0.540. The van der Waals surface area contributed by atoms with Crippen molar-refractivity contribution >= 4 is 21.8 Å². The second-order valence-electron chi connectivity index (χ2n) is 3.92. The van der Waals surface area contributed by atoms with Crippen molar-refractivity contribution in [3.8, 4) is 0 Å². The molecule has 0 fully saturated rings. The molecule has 0 atom stereocenters. The highest BCUT2D eigenvalue weighted by molar-refractivity contribution is 5.93. The van der Waals surface area contributed by atoms with Gasteiger partial charge in [0.05, 0.1) is 11.0 Å². The molecule has 0 spiro atoms. The van der Waals surface area contributed by atoms with Crippen molar-refractivity contribution < 1.29 is 0 Å². The third-order valence-corrected chi connectivity index (χ3v) is 3.02. The lowest BCUT2D eigenvalue weighted by molar-refractivity contribution is 1.00. The molecule has 20 heavy (non-hydrogen) atoms. The SMILES string of the molecule is CC.CC.Cn1c2ccccc2c(=O)c2ccccc21. The lowest BCUT2D eigenvalue weighted by Crippen LogP contribution is -2.08. The fourth-order valence-corrected chi connectivity index (χ4v) is 2.19. The largest absolute Gasteiger partial charge is 0.343 e. The molecule has 106 valence electrons. The Labute approximate surface area is 120 Å². The number of nitrogens with zero attached hydrogens (tertiary/aromatic N) is 1. The van der Waals surface area contributed by atoms with Crippen molar-refractivity contribution in [2.45, 2.75) is 27.7 Å². The predicted molar refractivity (Wildman–Crippen MR) is 89.4 cm³/mol. The molecule has 1 aromatic heterocycles. The van der Waals surface area contributed by atoms with Gasteiger partial charge in [-0.15, -0.1) is 0 Å². The van der Waals surface area contributed by atoms with Gasteiger partial charge in [0.2, 0.25) is 0 Å². The Kier molecular flexibility index (Phi) is 5.98. The molecule has 3 rings (SSSR count). The van der Waals surface area contributed by atoms with E-state index in [4.69, 9.17) is 0 Å². The van der Waals surface area contributed by atoms with Crippen molar-refractivity contribution in [1.29, 1.82) is 0 Å². The van der Waals surface area contributed by atoms with Crippen LogP contribution in [0.1, 0.15) is 27.7 Å². The number of rotatable bonds is 0. The second-order valence-corrected chi connectivity index (χ2v) is 3.92. The van der Waals surface area contributed by atoms with Crippen LogP contribution in [0.25, 0.3) is 21.8 Å². The standard InChI is InChI=1S/C14H11NO.2C2H6/c1-15-12-8-4-2-6-10(12)14(16)11-7-3-5-9-13(11)15;2*1-2/h2-9H,1H3;2*1-2H3. The topological polar surface area (TPSA) is 22.0 Å². The molecular formula is C18H23NO. The molecule has 0 saturated heterocycles. The highest BCUT2D eigenvalue weighted by Gasteiger charge is 2.06. The monoisotopic (exact) mass is 269 g/mol. The van der Waals surface area contributed by atoms with Crippen LogP contribution in [0.2, 0.25) is 0 Å². The molecule has 0 saturated carbocycles. The third kappa shape index (κ3) is 2.74. The van der Waals surface area contributed by atoms with Crippen LogP contribution >= 0.6 is 0 Å². The van der Waals surface area contributed by atoms with Crippen molar-refractivity contribution in [2.75, 3.05) is 0 Å². The van der Waals surface area contributed by atoms with Crippen LogP contribution < -0.4 is 5.43 Å². The lowest BCUT2D eigenvalue weighted by Gasteiger charge is -2.09. The molecule has 0 N–H and O–H groups in total. The predicted octanol–water partition coefficient (Wildman–Crippen LogP) is 4.74. The second kappa shape index (κ2) is 7.49. The molecule has 0 aliphatic heterocycles. The molecule has 3 aromatic rings. The first-order valence-corrected chi connectivity index (χ1v) is 7.25. The maximum atomic E-state index is 12.2. The summed E-state index contributed by atoms with van der Waals surface area (Å²) >= 11 is 0. The Morgan fingerprint density at radius 2 is 1.05 bits per heavy atom. The number of aromatic nitrogens is 1. The number of hydrogen-bond donors (Lipinski definition) is 0. The molecule has 1 heterocycles. The van der Waals surface area contributed by atoms with Crippen LogP contribution in [0.3, 0.4) is 0 Å². The molecule has 0 unspecified atom stereocenters. The normalized spacial score (nSPS) is 9.45. The summed E-state index contributed by atoms with van der Waals surface area (Å²) in [5.74, 6) is 0. The van der Waals surface area contributed by atoms with E-state index in [0.717, 1.165) is 21.8 Å². The van der Waals surface area contributed by atoms with Gasteiger partial charge in [-0.2, -0.15) is 0 Å². The summed E-state index contributed by atoms with van der Waals surface area (Å²) in [5, 5.41) is 1.56. The number of fused-ring (bicyclic) bond motifs is 2. The van der Waals surface area contributed by atoms with Crippen molar-refractivity contribution in [3.05, 3.63) is 58.8 Å². The van der Waals surface area contributed by atoms with E-state index in [-0.39, 0.29) is 5.43 Å². The van der Waals surface area contributed by atoms with Gasteiger partial charge in [-0.1, -0.05) is 52.0 Å². The third-order valence-electron chi connectivity index (χ3n) is 3.02. The Morgan fingerprint density at radius 3 is 1.45 bits per heavy atom. The Morgan fingerprint density at radius 1 is 0.700 bits per heavy atom. The molecule has 0 radical (unpaired) electrons. The van der Waals surface area contributed by atoms with Gasteiger partial charge in [0.15, 0.2) is 5.43 Å². The summed E-state index contributed by atoms with van der Waals surface area (Å²) in [6, 6.07) is 15.4. The molecule has 0 bridgehead atoms. The first kappa shape index (κ1) is 16.0. The first-order valence-electron chi connectivity index (χ1n) is 7.25. The van der Waals surface area contributed by atoms with E-state index >= 15 is 0 Å². The molecule has 2 nitrogen and oxygen atoms in total. The highest BCUT2D eigenvalue weighted by Crippen LogP contribution is 2.16. The van der Waals surface area contributed by atoms with Crippen LogP contribution in [0.15, 0.2) is 53.3 Å². The molecule has 2 aromatic carbocycles. The zero-order valence-corrected chi connectivity index (χ0v) is 13.0. The van der Waals surface area contributed by atoms with Crippen molar-refractivity contribution in [3.63, 3.8) is 0 Å². The van der Waals surface area contributed by atoms with Gasteiger partial charge < -0.3 is 4.57 Å². The maximum absolute atomic E-state index is 12.2. The van der Waals surface area contributed by atoms with Crippen molar-refractivity contribution in [1.82, 2.24) is 4.57 Å². The van der Waals surface area contributed by atoms with Gasteiger partial charge in [0.25, 0.3) is 0 Å². The van der Waals surface area contributed by atoms with E-state index in [1.807, 2.05) is 83.3 Å². The zero-order chi connectivity index (χ0) is 15.1. The minimum absolute atomic E-state index is 0.115. The van der Waals surface area contributed by atoms with E-state index in [9.17, 15) is 4.79 Å². The molecule has 0 aliphatic rings. The zero-order valence-electron chi connectivity index (χ0n) is 13.0. The fourth-order valence-electron chi connectivity index (χ4n) is 2.19. The summed E-state index contributed by atoms with van der Waals surface area (Å²) in [6.07, 6.45) is 0. The number of hydrogen-bond acceptors (Lipinski definition) is 1. The van der Waals surface area contributed by atoms with Crippen LogP contribution in [-0.4, -0.2) is 4.57 Å². The first-order chi connectivity index (χ1) is 9.79. The molecule has 2 heteroatoms. The van der Waals surface area contributed by atoms with Gasteiger partial charge in [-0.05, 0) is 24.3 Å². The van der Waals surface area contributed by atoms with Crippen LogP contribution in [-0.2, 0) is 7.05 Å². The smallest absolute Gasteiger partial charge is 0.197 e. The lowest BCUT2D eigenvalue weighted by atomic mass is 10.1. The van der Waals surface area contributed by atoms with E-state index in [2.05, 4.69) is 4.57 Å². The molecule has 0 aliphatic carbocycles. The van der Waals surface area contributed by atoms with E-state index in [1.54, 1.807) is 0 Å². The van der Waals surface area contributed by atoms with E-state index in [0.29, 0.717) is 0 Å². The summed E-state index contributed by atoms with van der Waals surface area (Å²) in [6.45, 7) is 8.00. The minimum Gasteiger partial charge on any atom is -0.343 e. The highest BCUT2D eigenvalue weighted by atomic mass is 16.1. The Hall–Kier alpha value is -2.09. The average Bonchev–Trinajstić information content (AvgIpc) is 2.56. The van der Waals surface area contributed by atoms with Crippen LogP contribution in [0.4, 0.5) is 0 Å². The average molecular weight is 269 g/mol. The fraction of sp³-hybridized carbons (Fsp3) is 0.278. The van der Waals surface area contributed by atoms with Gasteiger partial charge in [-0.25, -0.2) is 0 Å². The summed E-state index contributed by atoms with van der Waals surface area (Å²) < 4.78 is 2.06. The summed E-state index contributed by atoms with van der Waals surface area (Å²) in [4.78, 5) is 12.2. The number of para-hydroxylation sites is 2. The maximum Gasteiger partial charge on any atom is 0.197 e. The Balaban J connectivity index is 0.000000461. The Bertz CT molecular complexity index is 681. The van der Waals surface area contributed by atoms with E-state index in [1.165, 1.54) is 0 Å². The molecular weight excluding hydrogens is 246 g/mol. The molecule has 0 amide bonds. The number of aryl methyl sites for hydroxylation is 1. The van der Waals surface area contributed by atoms with Crippen LogP contribution in [0, 0.1) is 0 Å². The minimum atomic E-state index is 0.115. The summed E-state index contributed by atoms with van der Waals surface area (Å²) in [7, 11) is 1.99. The van der Waals surface area contributed by atoms with Gasteiger partial charge in [-0.3, -0.25) is 4.79 Å². The van der Waals surface area contributed by atoms with Gasteiger partial charge >= 0.3 is 0 Å².